The molecule has 0 bridgehead atoms. The standard InChI is InChI=1S/C10H22P2/c1-7-10(3,4)12(6)9-11(5)8-2/h5-9H2,1-4H3/q+2. The molecule has 0 rings (SSSR count). The van der Waals surface area contributed by atoms with Crippen LogP contribution in [0.2, 0.25) is 0 Å². The van der Waals surface area contributed by atoms with Crippen LogP contribution in [0.3, 0.4) is 0 Å². The van der Waals surface area contributed by atoms with Crippen molar-refractivity contribution in [2.24, 2.45) is 0 Å². The van der Waals surface area contributed by atoms with Gasteiger partial charge in [-0.1, -0.05) is 6.92 Å². The molecule has 0 aromatic carbocycles. The number of rotatable bonds is 5. The Morgan fingerprint density at radius 2 is 1.67 bits per heavy atom. The molecule has 0 heterocycles. The van der Waals surface area contributed by atoms with Crippen LogP contribution in [0.5, 0.6) is 0 Å². The van der Waals surface area contributed by atoms with E-state index in [1.807, 2.05) is 0 Å². The summed E-state index contributed by atoms with van der Waals surface area (Å²) in [4.78, 5) is 0. The lowest BCUT2D eigenvalue weighted by Crippen LogP contribution is -2.13. The smallest absolute Gasteiger partial charge is 0.0609 e. The fourth-order valence-corrected chi connectivity index (χ4v) is 5.47. The largest absolute Gasteiger partial charge is 0.252 e. The van der Waals surface area contributed by atoms with Crippen molar-refractivity contribution in [3.8, 4) is 0 Å². The summed E-state index contributed by atoms with van der Waals surface area (Å²) in [5.74, 6) is 1.29. The molecule has 70 valence electrons. The van der Waals surface area contributed by atoms with E-state index in [9.17, 15) is 0 Å². The van der Waals surface area contributed by atoms with Gasteiger partial charge in [0.25, 0.3) is 5.90 Å². The molecule has 2 atom stereocenters. The molecule has 0 aromatic heterocycles. The SMILES string of the molecule is C=[P+](CC)C[P+](=C)C(C)(C)CC. The lowest BCUT2D eigenvalue weighted by Gasteiger charge is -2.13. The highest BCUT2D eigenvalue weighted by atomic mass is 31.2. The van der Waals surface area contributed by atoms with E-state index >= 15 is 0 Å². The van der Waals surface area contributed by atoms with Crippen molar-refractivity contribution in [1.82, 2.24) is 0 Å². The molecule has 0 aliphatic carbocycles. The summed E-state index contributed by atoms with van der Waals surface area (Å²) >= 11 is 0. The Kier molecular flexibility index (Phi) is 5.30. The molecule has 0 N–H and O–H groups in total. The third-order valence-electron chi connectivity index (χ3n) is 2.54. The van der Waals surface area contributed by atoms with E-state index in [0.29, 0.717) is 5.16 Å². The molecule has 0 spiro atoms. The van der Waals surface area contributed by atoms with Crippen LogP contribution >= 0.6 is 15.1 Å². The Bertz CT molecular complexity index is 180. The van der Waals surface area contributed by atoms with Gasteiger partial charge in [-0.15, -0.1) is 0 Å². The van der Waals surface area contributed by atoms with Crippen molar-refractivity contribution >= 4 is 27.7 Å². The van der Waals surface area contributed by atoms with E-state index in [1.54, 1.807) is 0 Å². The van der Waals surface area contributed by atoms with Gasteiger partial charge in [-0.05, 0) is 27.2 Å². The van der Waals surface area contributed by atoms with Crippen LogP contribution < -0.4 is 0 Å². The highest BCUT2D eigenvalue weighted by Gasteiger charge is 2.33. The maximum absolute atomic E-state index is 4.31. The van der Waals surface area contributed by atoms with Gasteiger partial charge in [0.2, 0.25) is 0 Å². The molecule has 0 nitrogen and oxygen atoms in total. The highest BCUT2D eigenvalue weighted by Crippen LogP contribution is 2.46. The third-order valence-corrected chi connectivity index (χ3v) is 8.43. The number of hydrogen-bond acceptors (Lipinski definition) is 0. The minimum atomic E-state index is -0.0529. The lowest BCUT2D eigenvalue weighted by molar-refractivity contribution is 0.677. The molecule has 0 saturated heterocycles. The average Bonchev–Trinajstić information content (AvgIpc) is 2.04. The van der Waals surface area contributed by atoms with Crippen molar-refractivity contribution in [3.63, 3.8) is 0 Å². The van der Waals surface area contributed by atoms with Crippen LogP contribution in [-0.2, 0) is 0 Å². The Morgan fingerprint density at radius 1 is 1.17 bits per heavy atom. The van der Waals surface area contributed by atoms with Crippen molar-refractivity contribution in [2.75, 3.05) is 12.1 Å². The van der Waals surface area contributed by atoms with Crippen LogP contribution in [0, 0.1) is 0 Å². The van der Waals surface area contributed by atoms with Crippen LogP contribution in [0.15, 0.2) is 0 Å². The zero-order valence-corrected chi connectivity index (χ0v) is 10.7. The Balaban J connectivity index is 4.13. The minimum absolute atomic E-state index is 0.0286. The second kappa shape index (κ2) is 5.15. The van der Waals surface area contributed by atoms with E-state index in [4.69, 9.17) is 0 Å². The van der Waals surface area contributed by atoms with Gasteiger partial charge in [-0.2, -0.15) is 0 Å². The predicted octanol–water partition coefficient (Wildman–Crippen LogP) is 3.98. The summed E-state index contributed by atoms with van der Waals surface area (Å²) in [6.07, 6.45) is 11.0. The average molecular weight is 204 g/mol. The minimum Gasteiger partial charge on any atom is -0.0609 e. The number of hydrogen-bond donors (Lipinski definition) is 0. The van der Waals surface area contributed by atoms with Gasteiger partial charge in [0.1, 0.15) is 26.4 Å². The summed E-state index contributed by atoms with van der Waals surface area (Å²) in [5.41, 5.74) is 0. The van der Waals surface area contributed by atoms with E-state index in [2.05, 4.69) is 40.3 Å². The van der Waals surface area contributed by atoms with Gasteiger partial charge in [-0.25, -0.2) is 0 Å². The van der Waals surface area contributed by atoms with Crippen molar-refractivity contribution < 1.29 is 0 Å². The first-order chi connectivity index (χ1) is 5.44. The molecule has 2 unspecified atom stereocenters. The highest BCUT2D eigenvalue weighted by molar-refractivity contribution is 7.73. The molecule has 0 aliphatic rings. The van der Waals surface area contributed by atoms with Crippen LogP contribution in [0.4, 0.5) is 0 Å². The molecular formula is C10H22P2+2. The quantitative estimate of drug-likeness (QED) is 0.594. The predicted molar refractivity (Wildman–Crippen MR) is 67.9 cm³/mol. The molecule has 2 heteroatoms. The summed E-state index contributed by atoms with van der Waals surface area (Å²) in [7, 11) is -0.0243. The zero-order chi connectivity index (χ0) is 9.78. The fraction of sp³-hybridized carbons (Fsp3) is 0.800. The second-order valence-corrected chi connectivity index (χ2v) is 9.23. The second-order valence-electron chi connectivity index (χ2n) is 3.83. The van der Waals surface area contributed by atoms with Gasteiger partial charge in [0.05, 0.1) is 12.6 Å². The van der Waals surface area contributed by atoms with Crippen LogP contribution in [0.25, 0.3) is 0 Å². The molecule has 0 saturated carbocycles. The van der Waals surface area contributed by atoms with Gasteiger partial charge in [-0.3, -0.25) is 0 Å². The Hall–Kier alpha value is 0.340. The fourth-order valence-electron chi connectivity index (χ4n) is 0.756. The first-order valence-corrected chi connectivity index (χ1v) is 8.18. The molecular weight excluding hydrogens is 182 g/mol. The lowest BCUT2D eigenvalue weighted by atomic mass is 10.1. The van der Waals surface area contributed by atoms with Gasteiger partial charge >= 0.3 is 0 Å². The molecule has 0 aliphatic heterocycles. The maximum atomic E-state index is 4.31. The molecule has 0 radical (unpaired) electrons. The molecule has 0 aromatic rings. The van der Waals surface area contributed by atoms with Crippen LogP contribution in [0.1, 0.15) is 34.1 Å². The maximum Gasteiger partial charge on any atom is 0.252 e. The van der Waals surface area contributed by atoms with E-state index < -0.39 is 0 Å². The third kappa shape index (κ3) is 3.83. The van der Waals surface area contributed by atoms with Crippen molar-refractivity contribution in [3.05, 3.63) is 0 Å². The first kappa shape index (κ1) is 12.3. The Morgan fingerprint density at radius 3 is 2.00 bits per heavy atom. The molecule has 12 heavy (non-hydrogen) atoms. The van der Waals surface area contributed by atoms with Gasteiger partial charge < -0.3 is 0 Å². The van der Waals surface area contributed by atoms with E-state index in [1.165, 1.54) is 18.5 Å². The summed E-state index contributed by atoms with van der Waals surface area (Å²) < 4.78 is 0. The topological polar surface area (TPSA) is 0 Å². The van der Waals surface area contributed by atoms with Crippen LogP contribution in [-0.4, -0.2) is 29.8 Å². The van der Waals surface area contributed by atoms with E-state index in [-0.39, 0.29) is 15.1 Å². The normalized spacial score (nSPS) is 14.3. The molecule has 0 amide bonds. The first-order valence-electron chi connectivity index (χ1n) is 4.57. The van der Waals surface area contributed by atoms with Gasteiger partial charge in [0.15, 0.2) is 0 Å². The van der Waals surface area contributed by atoms with Crippen molar-refractivity contribution in [2.45, 2.75) is 39.3 Å². The van der Waals surface area contributed by atoms with Gasteiger partial charge in [0, 0.05) is 0 Å². The summed E-state index contributed by atoms with van der Waals surface area (Å²) in [6, 6.07) is 0. The zero-order valence-electron chi connectivity index (χ0n) is 8.93. The van der Waals surface area contributed by atoms with E-state index in [0.717, 1.165) is 0 Å². The molecule has 0 fully saturated rings. The van der Waals surface area contributed by atoms with Crippen molar-refractivity contribution in [1.29, 1.82) is 0 Å². The summed E-state index contributed by atoms with van der Waals surface area (Å²) in [5, 5.41) is 0.461. The summed E-state index contributed by atoms with van der Waals surface area (Å²) in [6.45, 7) is 9.17. The monoisotopic (exact) mass is 204 g/mol. The Labute approximate surface area is 79.5 Å².